The third kappa shape index (κ3) is 6.75. The molecule has 0 bridgehead atoms. The van der Waals surface area contributed by atoms with Gasteiger partial charge < -0.3 is 15.5 Å². The molecule has 1 aliphatic rings. The first-order valence-corrected chi connectivity index (χ1v) is 9.51. The van der Waals surface area contributed by atoms with E-state index in [0.717, 1.165) is 35.5 Å². The van der Waals surface area contributed by atoms with Crippen LogP contribution in [0.15, 0.2) is 48.7 Å². The van der Waals surface area contributed by atoms with Crippen molar-refractivity contribution in [2.75, 3.05) is 23.7 Å². The van der Waals surface area contributed by atoms with Crippen molar-refractivity contribution in [2.24, 2.45) is 0 Å². The lowest BCUT2D eigenvalue weighted by Crippen LogP contribution is -2.44. The Hall–Kier alpha value is -3.10. The van der Waals surface area contributed by atoms with E-state index >= 15 is 0 Å². The van der Waals surface area contributed by atoms with Crippen LogP contribution in [-0.4, -0.2) is 46.2 Å². The SMILES string of the molecule is Cc1ccc(NC(=O)N2CCC(Nc3ccc(/C=C/C(=O)NO)cn3)CC2)cc1.Cl. The Balaban J connectivity index is 0.00000320. The van der Waals surface area contributed by atoms with Crippen molar-refractivity contribution in [1.29, 1.82) is 0 Å². The second kappa shape index (κ2) is 11.2. The molecule has 2 heterocycles. The predicted octanol–water partition coefficient (Wildman–Crippen LogP) is 3.44. The van der Waals surface area contributed by atoms with Gasteiger partial charge in [0.05, 0.1) is 0 Å². The topological polar surface area (TPSA) is 107 Å². The van der Waals surface area contributed by atoms with Crippen LogP contribution in [0.5, 0.6) is 0 Å². The number of hydroxylamine groups is 1. The maximum absolute atomic E-state index is 12.4. The average molecular weight is 432 g/mol. The van der Waals surface area contributed by atoms with Gasteiger partial charge in [-0.3, -0.25) is 10.0 Å². The van der Waals surface area contributed by atoms with Gasteiger partial charge in [0.25, 0.3) is 5.91 Å². The summed E-state index contributed by atoms with van der Waals surface area (Å²) in [6.07, 6.45) is 6.10. The summed E-state index contributed by atoms with van der Waals surface area (Å²) in [6, 6.07) is 11.6. The molecular formula is C21H26ClN5O3. The molecule has 0 atom stereocenters. The number of anilines is 2. The van der Waals surface area contributed by atoms with Crippen LogP contribution in [0, 0.1) is 6.92 Å². The Morgan fingerprint density at radius 2 is 1.83 bits per heavy atom. The first kappa shape index (κ1) is 23.2. The number of nitrogens with one attached hydrogen (secondary N) is 3. The molecule has 0 saturated carbocycles. The highest BCUT2D eigenvalue weighted by atomic mass is 35.5. The number of hydrogen-bond acceptors (Lipinski definition) is 5. The molecule has 30 heavy (non-hydrogen) atoms. The molecule has 0 spiro atoms. The van der Waals surface area contributed by atoms with Crippen molar-refractivity contribution >= 4 is 41.9 Å². The fourth-order valence-electron chi connectivity index (χ4n) is 3.07. The van der Waals surface area contributed by atoms with Gasteiger partial charge in [-0.15, -0.1) is 12.4 Å². The molecule has 160 valence electrons. The largest absolute Gasteiger partial charge is 0.367 e. The van der Waals surface area contributed by atoms with Gasteiger partial charge in [0, 0.05) is 37.1 Å². The number of piperidine rings is 1. The maximum atomic E-state index is 12.4. The van der Waals surface area contributed by atoms with E-state index in [2.05, 4.69) is 15.6 Å². The molecule has 3 rings (SSSR count). The van der Waals surface area contributed by atoms with Gasteiger partial charge in [0.2, 0.25) is 0 Å². The summed E-state index contributed by atoms with van der Waals surface area (Å²) in [7, 11) is 0. The molecule has 9 heteroatoms. The summed E-state index contributed by atoms with van der Waals surface area (Å²) in [4.78, 5) is 29.6. The molecule has 1 fully saturated rings. The van der Waals surface area contributed by atoms with Gasteiger partial charge in [-0.25, -0.2) is 15.3 Å². The molecule has 2 aromatic rings. The van der Waals surface area contributed by atoms with Gasteiger partial charge in [-0.1, -0.05) is 17.7 Å². The number of amides is 3. The van der Waals surface area contributed by atoms with Gasteiger partial charge in [-0.2, -0.15) is 0 Å². The Labute approximate surface area is 181 Å². The van der Waals surface area contributed by atoms with Crippen LogP contribution in [0.4, 0.5) is 16.3 Å². The second-order valence-corrected chi connectivity index (χ2v) is 6.99. The minimum Gasteiger partial charge on any atom is -0.367 e. The number of halogens is 1. The molecule has 1 aromatic carbocycles. The number of benzene rings is 1. The normalized spacial score (nSPS) is 14.1. The second-order valence-electron chi connectivity index (χ2n) is 6.99. The van der Waals surface area contributed by atoms with Crippen LogP contribution in [0.3, 0.4) is 0 Å². The average Bonchev–Trinajstić information content (AvgIpc) is 2.75. The lowest BCUT2D eigenvalue weighted by Gasteiger charge is -2.32. The van der Waals surface area contributed by atoms with Gasteiger partial charge >= 0.3 is 6.03 Å². The maximum Gasteiger partial charge on any atom is 0.321 e. The number of carbonyl (C=O) groups is 2. The summed E-state index contributed by atoms with van der Waals surface area (Å²) >= 11 is 0. The number of hydrogen-bond donors (Lipinski definition) is 4. The molecular weight excluding hydrogens is 406 g/mol. The molecule has 3 amide bonds. The lowest BCUT2D eigenvalue weighted by molar-refractivity contribution is -0.124. The summed E-state index contributed by atoms with van der Waals surface area (Å²) in [5, 5.41) is 14.8. The number of aromatic nitrogens is 1. The van der Waals surface area contributed by atoms with Gasteiger partial charge in [0.15, 0.2) is 0 Å². The van der Waals surface area contributed by atoms with Crippen molar-refractivity contribution in [3.05, 3.63) is 59.8 Å². The van der Waals surface area contributed by atoms with Crippen LogP contribution < -0.4 is 16.1 Å². The summed E-state index contributed by atoms with van der Waals surface area (Å²) in [6.45, 7) is 3.36. The van der Waals surface area contributed by atoms with E-state index in [0.29, 0.717) is 13.1 Å². The number of rotatable bonds is 5. The minimum absolute atomic E-state index is 0. The zero-order valence-corrected chi connectivity index (χ0v) is 17.5. The number of urea groups is 1. The smallest absolute Gasteiger partial charge is 0.321 e. The zero-order chi connectivity index (χ0) is 20.6. The molecule has 0 aliphatic carbocycles. The Bertz CT molecular complexity index is 863. The predicted molar refractivity (Wildman–Crippen MR) is 119 cm³/mol. The fourth-order valence-corrected chi connectivity index (χ4v) is 3.07. The highest BCUT2D eigenvalue weighted by molar-refractivity contribution is 5.90. The first-order valence-electron chi connectivity index (χ1n) is 9.51. The van der Waals surface area contributed by atoms with E-state index in [1.165, 1.54) is 11.6 Å². The third-order valence-corrected chi connectivity index (χ3v) is 4.76. The molecule has 1 saturated heterocycles. The molecule has 8 nitrogen and oxygen atoms in total. The molecule has 0 unspecified atom stereocenters. The summed E-state index contributed by atoms with van der Waals surface area (Å²) in [5.74, 6) is 0.154. The van der Waals surface area contributed by atoms with Gasteiger partial charge in [0.1, 0.15) is 5.82 Å². The van der Waals surface area contributed by atoms with Crippen molar-refractivity contribution in [3.8, 4) is 0 Å². The first-order chi connectivity index (χ1) is 14.0. The molecule has 1 aromatic heterocycles. The quantitative estimate of drug-likeness (QED) is 0.329. The van der Waals surface area contributed by atoms with Crippen LogP contribution in [0.25, 0.3) is 6.08 Å². The Morgan fingerprint density at radius 1 is 1.13 bits per heavy atom. The van der Waals surface area contributed by atoms with Crippen molar-refractivity contribution in [3.63, 3.8) is 0 Å². The van der Waals surface area contributed by atoms with E-state index < -0.39 is 5.91 Å². The van der Waals surface area contributed by atoms with E-state index in [-0.39, 0.29) is 24.5 Å². The van der Waals surface area contributed by atoms with E-state index in [1.54, 1.807) is 12.3 Å². The summed E-state index contributed by atoms with van der Waals surface area (Å²) < 4.78 is 0. The van der Waals surface area contributed by atoms with Crippen molar-refractivity contribution in [2.45, 2.75) is 25.8 Å². The van der Waals surface area contributed by atoms with Gasteiger partial charge in [-0.05, 0) is 55.7 Å². The minimum atomic E-state index is -0.592. The van der Waals surface area contributed by atoms with Crippen molar-refractivity contribution < 1.29 is 14.8 Å². The standard InChI is InChI=1S/C21H25N5O3.ClH/c1-15-2-6-17(7-3-15)24-21(28)26-12-10-18(11-13-26)23-19-8-4-16(14-22-19)5-9-20(27)25-29;/h2-9,14,18,29H,10-13H2,1H3,(H,22,23)(H,24,28)(H,25,27);1H/b9-5+;. The van der Waals surface area contributed by atoms with Crippen LogP contribution in [0.1, 0.15) is 24.0 Å². The molecule has 1 aliphatic heterocycles. The summed E-state index contributed by atoms with van der Waals surface area (Å²) in [5.41, 5.74) is 4.25. The zero-order valence-electron chi connectivity index (χ0n) is 16.7. The molecule has 0 radical (unpaired) electrons. The number of carbonyl (C=O) groups excluding carboxylic acids is 2. The van der Waals surface area contributed by atoms with Crippen molar-refractivity contribution in [1.82, 2.24) is 15.4 Å². The van der Waals surface area contributed by atoms with Crippen LogP contribution >= 0.6 is 12.4 Å². The Morgan fingerprint density at radius 3 is 2.43 bits per heavy atom. The number of nitrogens with zero attached hydrogens (tertiary/aromatic N) is 2. The highest BCUT2D eigenvalue weighted by Gasteiger charge is 2.23. The number of aryl methyl sites for hydroxylation is 1. The number of pyridine rings is 1. The monoisotopic (exact) mass is 431 g/mol. The fraction of sp³-hybridized carbons (Fsp3) is 0.286. The van der Waals surface area contributed by atoms with E-state index in [1.807, 2.05) is 48.2 Å². The third-order valence-electron chi connectivity index (χ3n) is 4.76. The van der Waals surface area contributed by atoms with Crippen LogP contribution in [-0.2, 0) is 4.79 Å². The lowest BCUT2D eigenvalue weighted by atomic mass is 10.1. The van der Waals surface area contributed by atoms with Crippen LogP contribution in [0.2, 0.25) is 0 Å². The van der Waals surface area contributed by atoms with E-state index in [4.69, 9.17) is 5.21 Å². The van der Waals surface area contributed by atoms with E-state index in [9.17, 15) is 9.59 Å². The highest BCUT2D eigenvalue weighted by Crippen LogP contribution is 2.17. The number of likely N-dealkylation sites (tertiary alicyclic amines) is 1. The molecule has 4 N–H and O–H groups in total. The Kier molecular flexibility index (Phi) is 8.64.